The molecule has 4 heteroatoms. The van der Waals surface area contributed by atoms with Crippen LogP contribution in [0.3, 0.4) is 0 Å². The Morgan fingerprint density at radius 2 is 1.76 bits per heavy atom. The molecule has 0 radical (unpaired) electrons. The molecule has 0 fully saturated rings. The molecule has 0 aliphatic carbocycles. The van der Waals surface area contributed by atoms with E-state index in [1.807, 2.05) is 12.1 Å². The van der Waals surface area contributed by atoms with E-state index in [4.69, 9.17) is 10.5 Å². The summed E-state index contributed by atoms with van der Waals surface area (Å²) >= 11 is 0. The maximum absolute atomic E-state index is 11.9. The number of hydrogen-bond donors (Lipinski definition) is 1. The summed E-state index contributed by atoms with van der Waals surface area (Å²) in [5.41, 5.74) is 8.31. The second-order valence-electron chi connectivity index (χ2n) is 5.83. The Bertz CT molecular complexity index is 748. The zero-order valence-corrected chi connectivity index (χ0v) is 14.4. The van der Waals surface area contributed by atoms with Crippen LogP contribution in [0, 0.1) is 0 Å². The zero-order chi connectivity index (χ0) is 18.1. The van der Waals surface area contributed by atoms with Crippen molar-refractivity contribution in [1.82, 2.24) is 0 Å². The molecule has 0 aromatic heterocycles. The molecule has 0 aliphatic heterocycles. The van der Waals surface area contributed by atoms with Gasteiger partial charge in [0.15, 0.2) is 0 Å². The van der Waals surface area contributed by atoms with Gasteiger partial charge in [-0.3, -0.25) is 0 Å². The Kier molecular flexibility index (Phi) is 6.96. The number of nitrogens with two attached hydrogens (primary N) is 1. The SMILES string of the molecule is CCCCCc1ccc(/C=C/C(=O)OC(=O)c2ccccc2N)cc1. The molecule has 0 unspecified atom stereocenters. The van der Waals surface area contributed by atoms with Crippen LogP contribution in [0.1, 0.15) is 47.7 Å². The predicted molar refractivity (Wildman–Crippen MR) is 100.0 cm³/mol. The van der Waals surface area contributed by atoms with Crippen molar-refractivity contribution < 1.29 is 14.3 Å². The second-order valence-corrected chi connectivity index (χ2v) is 5.83. The molecule has 2 aromatic rings. The van der Waals surface area contributed by atoms with Gasteiger partial charge in [0.05, 0.1) is 5.56 Å². The number of hydrogen-bond acceptors (Lipinski definition) is 4. The van der Waals surface area contributed by atoms with Crippen LogP contribution < -0.4 is 5.73 Å². The highest BCUT2D eigenvalue weighted by molar-refractivity contribution is 6.03. The number of esters is 2. The van der Waals surface area contributed by atoms with Gasteiger partial charge in [-0.2, -0.15) is 0 Å². The smallest absolute Gasteiger partial charge is 0.348 e. The molecule has 130 valence electrons. The summed E-state index contributed by atoms with van der Waals surface area (Å²) < 4.78 is 4.78. The van der Waals surface area contributed by atoms with E-state index in [0.717, 1.165) is 12.0 Å². The molecular formula is C21H23NO3. The van der Waals surface area contributed by atoms with Crippen LogP contribution in [0.15, 0.2) is 54.6 Å². The van der Waals surface area contributed by atoms with Crippen LogP contribution in [0.4, 0.5) is 5.69 Å². The fourth-order valence-electron chi connectivity index (χ4n) is 2.40. The van der Waals surface area contributed by atoms with Crippen molar-refractivity contribution in [2.24, 2.45) is 0 Å². The maximum atomic E-state index is 11.9. The number of carbonyl (C=O) groups excluding carboxylic acids is 2. The molecule has 0 saturated carbocycles. The van der Waals surface area contributed by atoms with Crippen LogP contribution in [0.5, 0.6) is 0 Å². The molecule has 0 amide bonds. The van der Waals surface area contributed by atoms with E-state index in [1.54, 1.807) is 24.3 Å². The average molecular weight is 337 g/mol. The molecule has 0 saturated heterocycles. The fraction of sp³-hybridized carbons (Fsp3) is 0.238. The predicted octanol–water partition coefficient (Wildman–Crippen LogP) is 4.40. The van der Waals surface area contributed by atoms with Gasteiger partial charge < -0.3 is 10.5 Å². The van der Waals surface area contributed by atoms with E-state index in [-0.39, 0.29) is 11.3 Å². The third-order valence-corrected chi connectivity index (χ3v) is 3.83. The van der Waals surface area contributed by atoms with Crippen molar-refractivity contribution in [3.05, 3.63) is 71.3 Å². The van der Waals surface area contributed by atoms with Gasteiger partial charge in [-0.15, -0.1) is 0 Å². The molecule has 0 atom stereocenters. The number of nitrogen functional groups attached to an aromatic ring is 1. The second kappa shape index (κ2) is 9.42. The third-order valence-electron chi connectivity index (χ3n) is 3.83. The zero-order valence-electron chi connectivity index (χ0n) is 14.4. The summed E-state index contributed by atoms with van der Waals surface area (Å²) in [6.07, 6.45) is 7.54. The highest BCUT2D eigenvalue weighted by Gasteiger charge is 2.13. The number of para-hydroxylation sites is 1. The van der Waals surface area contributed by atoms with E-state index >= 15 is 0 Å². The fourth-order valence-corrected chi connectivity index (χ4v) is 2.40. The molecule has 2 rings (SSSR count). The van der Waals surface area contributed by atoms with E-state index in [2.05, 4.69) is 19.1 Å². The Labute approximate surface area is 148 Å². The minimum absolute atomic E-state index is 0.181. The van der Waals surface area contributed by atoms with Crippen LogP contribution in [-0.4, -0.2) is 11.9 Å². The number of anilines is 1. The number of aryl methyl sites for hydroxylation is 1. The number of benzene rings is 2. The topological polar surface area (TPSA) is 69.4 Å². The van der Waals surface area contributed by atoms with Crippen molar-refractivity contribution >= 4 is 23.7 Å². The Hall–Kier alpha value is -2.88. The summed E-state index contributed by atoms with van der Waals surface area (Å²) in [6, 6.07) is 14.5. The minimum Gasteiger partial charge on any atom is -0.398 e. The standard InChI is InChI=1S/C21H23NO3/c1-2-3-4-7-16-10-12-17(13-11-16)14-15-20(23)25-21(24)18-8-5-6-9-19(18)22/h5-6,8-15H,2-4,7,22H2,1H3/b15-14+. The van der Waals surface area contributed by atoms with Crippen LogP contribution >= 0.6 is 0 Å². The van der Waals surface area contributed by atoms with Crippen molar-refractivity contribution in [2.75, 3.05) is 5.73 Å². The summed E-state index contributed by atoms with van der Waals surface area (Å²) in [4.78, 5) is 23.7. The van der Waals surface area contributed by atoms with Crippen molar-refractivity contribution in [3.8, 4) is 0 Å². The molecule has 0 spiro atoms. The summed E-state index contributed by atoms with van der Waals surface area (Å²) in [5, 5.41) is 0. The lowest BCUT2D eigenvalue weighted by atomic mass is 10.1. The van der Waals surface area contributed by atoms with Gasteiger partial charge in [0.25, 0.3) is 0 Å². The lowest BCUT2D eigenvalue weighted by Gasteiger charge is -2.03. The van der Waals surface area contributed by atoms with E-state index in [0.29, 0.717) is 0 Å². The maximum Gasteiger partial charge on any atom is 0.348 e. The molecule has 2 aromatic carbocycles. The Morgan fingerprint density at radius 3 is 2.44 bits per heavy atom. The molecule has 0 aliphatic rings. The van der Waals surface area contributed by atoms with E-state index in [1.165, 1.54) is 37.0 Å². The summed E-state index contributed by atoms with van der Waals surface area (Å²) in [6.45, 7) is 2.18. The van der Waals surface area contributed by atoms with Crippen molar-refractivity contribution in [2.45, 2.75) is 32.6 Å². The molecule has 0 heterocycles. The van der Waals surface area contributed by atoms with Crippen LogP contribution in [0.25, 0.3) is 6.08 Å². The van der Waals surface area contributed by atoms with E-state index in [9.17, 15) is 9.59 Å². The minimum atomic E-state index is -0.751. The van der Waals surface area contributed by atoms with Crippen molar-refractivity contribution in [3.63, 3.8) is 0 Å². The first-order chi connectivity index (χ1) is 12.1. The first-order valence-corrected chi connectivity index (χ1v) is 8.48. The third kappa shape index (κ3) is 5.92. The summed E-state index contributed by atoms with van der Waals surface area (Å²) in [7, 11) is 0. The number of carbonyl (C=O) groups is 2. The first kappa shape index (κ1) is 18.5. The molecule has 4 nitrogen and oxygen atoms in total. The van der Waals surface area contributed by atoms with Gasteiger partial charge in [-0.25, -0.2) is 9.59 Å². The van der Waals surface area contributed by atoms with Gasteiger partial charge >= 0.3 is 11.9 Å². The van der Waals surface area contributed by atoms with Crippen molar-refractivity contribution in [1.29, 1.82) is 0 Å². The monoisotopic (exact) mass is 337 g/mol. The molecular weight excluding hydrogens is 314 g/mol. The summed E-state index contributed by atoms with van der Waals surface area (Å²) in [5.74, 6) is -1.47. The van der Waals surface area contributed by atoms with Gasteiger partial charge in [0.1, 0.15) is 0 Å². The van der Waals surface area contributed by atoms with E-state index < -0.39 is 11.9 Å². The number of ether oxygens (including phenoxy) is 1. The first-order valence-electron chi connectivity index (χ1n) is 8.48. The highest BCUT2D eigenvalue weighted by Crippen LogP contribution is 2.13. The van der Waals surface area contributed by atoms with Gasteiger partial charge in [0.2, 0.25) is 0 Å². The van der Waals surface area contributed by atoms with Crippen LogP contribution in [0.2, 0.25) is 0 Å². The van der Waals surface area contributed by atoms with Gasteiger partial charge in [-0.1, -0.05) is 56.2 Å². The van der Waals surface area contributed by atoms with Gasteiger partial charge in [0, 0.05) is 11.8 Å². The Morgan fingerprint density at radius 1 is 1.04 bits per heavy atom. The lowest BCUT2D eigenvalue weighted by Crippen LogP contribution is -2.12. The van der Waals surface area contributed by atoms with Crippen LogP contribution in [-0.2, 0) is 16.0 Å². The molecule has 2 N–H and O–H groups in total. The normalized spacial score (nSPS) is 10.8. The average Bonchev–Trinajstić information content (AvgIpc) is 2.61. The molecule has 0 bridgehead atoms. The highest BCUT2D eigenvalue weighted by atomic mass is 16.6. The number of unbranched alkanes of at least 4 members (excludes halogenated alkanes) is 2. The lowest BCUT2D eigenvalue weighted by molar-refractivity contribution is -0.132. The number of rotatable bonds is 7. The molecule has 25 heavy (non-hydrogen) atoms. The Balaban J connectivity index is 1.89. The largest absolute Gasteiger partial charge is 0.398 e. The van der Waals surface area contributed by atoms with Gasteiger partial charge in [-0.05, 0) is 42.2 Å². The quantitative estimate of drug-likeness (QED) is 0.267.